The molecular weight excluding hydrogens is 421 g/mol. The first kappa shape index (κ1) is 22.0. The van der Waals surface area contributed by atoms with E-state index in [1.54, 1.807) is 36.4 Å². The van der Waals surface area contributed by atoms with Crippen molar-refractivity contribution in [1.29, 1.82) is 0 Å². The van der Waals surface area contributed by atoms with Crippen LogP contribution in [0, 0.1) is 12.7 Å². The zero-order valence-corrected chi connectivity index (χ0v) is 17.4. The van der Waals surface area contributed by atoms with Crippen LogP contribution in [0.3, 0.4) is 0 Å². The molecule has 0 saturated heterocycles. The van der Waals surface area contributed by atoms with Gasteiger partial charge in [0.2, 0.25) is 11.8 Å². The summed E-state index contributed by atoms with van der Waals surface area (Å²) in [4.78, 5) is 23.9. The number of sulfonamides is 1. The minimum absolute atomic E-state index is 0.155. The van der Waals surface area contributed by atoms with Gasteiger partial charge in [0.25, 0.3) is 10.0 Å². The van der Waals surface area contributed by atoms with Crippen LogP contribution in [0.1, 0.15) is 15.9 Å². The van der Waals surface area contributed by atoms with Crippen LogP contribution in [0.5, 0.6) is 0 Å². The smallest absolute Gasteiger partial charge is 0.264 e. The van der Waals surface area contributed by atoms with Crippen molar-refractivity contribution in [1.82, 2.24) is 0 Å². The van der Waals surface area contributed by atoms with E-state index in [9.17, 15) is 22.4 Å². The highest BCUT2D eigenvalue weighted by molar-refractivity contribution is 7.92. The molecule has 0 fully saturated rings. The third-order valence-corrected chi connectivity index (χ3v) is 6.23. The summed E-state index contributed by atoms with van der Waals surface area (Å²) in [6.45, 7) is 1.31. The molecule has 7 nitrogen and oxygen atoms in total. The molecule has 160 valence electrons. The fourth-order valence-corrected chi connectivity index (χ4v) is 4.26. The number of nitrogens with zero attached hydrogens (tertiary/aromatic N) is 1. The lowest BCUT2D eigenvalue weighted by atomic mass is 10.2. The SMILES string of the molecule is Cc1ccc(N(CC(=O)Nc2cccc(C(N)=O)c2)S(=O)(=O)c2ccc(F)cc2)cc1. The number of carbonyl (C=O) groups is 2. The van der Waals surface area contributed by atoms with Crippen LogP contribution in [0.4, 0.5) is 15.8 Å². The third-order valence-electron chi connectivity index (χ3n) is 4.44. The number of nitrogens with two attached hydrogens (primary N) is 1. The van der Waals surface area contributed by atoms with E-state index in [4.69, 9.17) is 5.73 Å². The van der Waals surface area contributed by atoms with E-state index in [-0.39, 0.29) is 16.1 Å². The van der Waals surface area contributed by atoms with Gasteiger partial charge >= 0.3 is 0 Å². The Morgan fingerprint density at radius 3 is 2.26 bits per heavy atom. The predicted molar refractivity (Wildman–Crippen MR) is 116 cm³/mol. The highest BCUT2D eigenvalue weighted by Crippen LogP contribution is 2.24. The van der Waals surface area contributed by atoms with E-state index in [1.807, 2.05) is 6.92 Å². The maximum Gasteiger partial charge on any atom is 0.264 e. The number of carbonyl (C=O) groups excluding carboxylic acids is 2. The Labute approximate surface area is 179 Å². The van der Waals surface area contributed by atoms with Gasteiger partial charge in [0.05, 0.1) is 10.6 Å². The van der Waals surface area contributed by atoms with Gasteiger partial charge in [-0.05, 0) is 61.5 Å². The molecule has 0 aliphatic heterocycles. The van der Waals surface area contributed by atoms with Crippen LogP contribution >= 0.6 is 0 Å². The van der Waals surface area contributed by atoms with E-state index in [0.717, 1.165) is 34.1 Å². The quantitative estimate of drug-likeness (QED) is 0.587. The largest absolute Gasteiger partial charge is 0.366 e. The number of rotatable bonds is 7. The maximum atomic E-state index is 13.3. The molecule has 0 atom stereocenters. The Bertz CT molecular complexity index is 1210. The molecule has 2 amide bonds. The van der Waals surface area contributed by atoms with Crippen LogP contribution in [0.25, 0.3) is 0 Å². The van der Waals surface area contributed by atoms with Gasteiger partial charge in [0.15, 0.2) is 0 Å². The maximum absolute atomic E-state index is 13.3. The van der Waals surface area contributed by atoms with Crippen molar-refractivity contribution in [3.05, 3.63) is 89.7 Å². The number of amides is 2. The molecule has 0 radical (unpaired) electrons. The first-order valence-corrected chi connectivity index (χ1v) is 10.7. The normalized spacial score (nSPS) is 11.0. The van der Waals surface area contributed by atoms with Crippen LogP contribution < -0.4 is 15.4 Å². The van der Waals surface area contributed by atoms with Crippen molar-refractivity contribution in [2.45, 2.75) is 11.8 Å². The summed E-state index contributed by atoms with van der Waals surface area (Å²) in [7, 11) is -4.16. The number of aryl methyl sites for hydroxylation is 1. The molecule has 0 unspecified atom stereocenters. The summed E-state index contributed by atoms with van der Waals surface area (Å²) in [5, 5.41) is 2.57. The fraction of sp³-hybridized carbons (Fsp3) is 0.0909. The first-order chi connectivity index (χ1) is 14.7. The molecule has 0 aromatic heterocycles. The molecule has 0 aliphatic rings. The molecular formula is C22H20FN3O4S. The molecule has 9 heteroatoms. The number of benzene rings is 3. The van der Waals surface area contributed by atoms with Crippen molar-refractivity contribution < 1.29 is 22.4 Å². The second kappa shape index (κ2) is 8.97. The highest BCUT2D eigenvalue weighted by Gasteiger charge is 2.27. The Hall–Kier alpha value is -3.72. The zero-order chi connectivity index (χ0) is 22.6. The van der Waals surface area contributed by atoms with Gasteiger partial charge in [0.1, 0.15) is 12.4 Å². The molecule has 3 rings (SSSR count). The van der Waals surface area contributed by atoms with Crippen LogP contribution in [-0.2, 0) is 14.8 Å². The summed E-state index contributed by atoms with van der Waals surface area (Å²) in [6, 6.07) is 16.9. The van der Waals surface area contributed by atoms with E-state index in [2.05, 4.69) is 5.32 Å². The molecule has 3 N–H and O–H groups in total. The van der Waals surface area contributed by atoms with Crippen molar-refractivity contribution >= 4 is 33.2 Å². The van der Waals surface area contributed by atoms with Crippen molar-refractivity contribution in [2.75, 3.05) is 16.2 Å². The summed E-state index contributed by atoms with van der Waals surface area (Å²) in [5.74, 6) is -1.86. The predicted octanol–water partition coefficient (Wildman–Crippen LogP) is 3.07. The van der Waals surface area contributed by atoms with Crippen molar-refractivity contribution in [3.63, 3.8) is 0 Å². The average molecular weight is 441 g/mol. The van der Waals surface area contributed by atoms with E-state index < -0.39 is 34.2 Å². The zero-order valence-electron chi connectivity index (χ0n) is 16.6. The lowest BCUT2D eigenvalue weighted by Crippen LogP contribution is -2.38. The number of halogens is 1. The summed E-state index contributed by atoms with van der Waals surface area (Å²) in [5.41, 5.74) is 6.93. The monoisotopic (exact) mass is 441 g/mol. The van der Waals surface area contributed by atoms with Gasteiger partial charge in [-0.15, -0.1) is 0 Å². The Kier molecular flexibility index (Phi) is 6.36. The number of primary amides is 1. The molecule has 0 aliphatic carbocycles. The molecule has 0 saturated carbocycles. The number of anilines is 2. The van der Waals surface area contributed by atoms with Gasteiger partial charge in [-0.25, -0.2) is 12.8 Å². The van der Waals surface area contributed by atoms with Crippen molar-refractivity contribution in [2.24, 2.45) is 5.73 Å². The fourth-order valence-electron chi connectivity index (χ4n) is 2.84. The Balaban J connectivity index is 1.92. The van der Waals surface area contributed by atoms with E-state index in [0.29, 0.717) is 5.69 Å². The summed E-state index contributed by atoms with van der Waals surface area (Å²) >= 11 is 0. The molecule has 3 aromatic carbocycles. The first-order valence-electron chi connectivity index (χ1n) is 9.21. The van der Waals surface area contributed by atoms with Gasteiger partial charge in [-0.3, -0.25) is 13.9 Å². The molecule has 3 aromatic rings. The second-order valence-corrected chi connectivity index (χ2v) is 8.66. The lowest BCUT2D eigenvalue weighted by Gasteiger charge is -2.24. The number of nitrogens with one attached hydrogen (secondary N) is 1. The topological polar surface area (TPSA) is 110 Å². The van der Waals surface area contributed by atoms with Crippen LogP contribution in [0.15, 0.2) is 77.7 Å². The molecule has 0 spiro atoms. The van der Waals surface area contributed by atoms with E-state index >= 15 is 0 Å². The second-order valence-electron chi connectivity index (χ2n) is 6.79. The lowest BCUT2D eigenvalue weighted by molar-refractivity contribution is -0.114. The van der Waals surface area contributed by atoms with Crippen molar-refractivity contribution in [3.8, 4) is 0 Å². The Morgan fingerprint density at radius 2 is 1.65 bits per heavy atom. The van der Waals surface area contributed by atoms with Gasteiger partial charge in [-0.2, -0.15) is 0 Å². The number of hydrogen-bond acceptors (Lipinski definition) is 4. The number of hydrogen-bond donors (Lipinski definition) is 2. The molecule has 0 heterocycles. The van der Waals surface area contributed by atoms with Crippen LogP contribution in [0.2, 0.25) is 0 Å². The Morgan fingerprint density at radius 1 is 1.00 bits per heavy atom. The van der Waals surface area contributed by atoms with E-state index in [1.165, 1.54) is 12.1 Å². The minimum Gasteiger partial charge on any atom is -0.366 e. The highest BCUT2D eigenvalue weighted by atomic mass is 32.2. The summed E-state index contributed by atoms with van der Waals surface area (Å²) < 4.78 is 40.7. The van der Waals surface area contributed by atoms with Gasteiger partial charge in [-0.1, -0.05) is 23.8 Å². The van der Waals surface area contributed by atoms with Crippen LogP contribution in [-0.4, -0.2) is 26.8 Å². The van der Waals surface area contributed by atoms with Gasteiger partial charge in [0, 0.05) is 11.3 Å². The molecule has 0 bridgehead atoms. The standard InChI is InChI=1S/C22H20FN3O4S/c1-15-5-9-19(10-6-15)26(31(29,30)20-11-7-17(23)8-12-20)14-21(27)25-18-4-2-3-16(13-18)22(24)28/h2-13H,14H2,1H3,(H2,24,28)(H,25,27). The van der Waals surface area contributed by atoms with Gasteiger partial charge < -0.3 is 11.1 Å². The summed E-state index contributed by atoms with van der Waals surface area (Å²) in [6.07, 6.45) is 0. The minimum atomic E-state index is -4.16. The average Bonchev–Trinajstić information content (AvgIpc) is 2.73. The third kappa shape index (κ3) is 5.26. The molecule has 31 heavy (non-hydrogen) atoms.